The van der Waals surface area contributed by atoms with E-state index in [1.165, 1.54) is 11.1 Å². The van der Waals surface area contributed by atoms with Crippen LogP contribution in [0, 0.1) is 0 Å². The molecule has 0 radical (unpaired) electrons. The molecule has 17 heavy (non-hydrogen) atoms. The van der Waals surface area contributed by atoms with Gasteiger partial charge in [0.25, 0.3) is 0 Å². The summed E-state index contributed by atoms with van der Waals surface area (Å²) in [6.07, 6.45) is 3.65. The highest BCUT2D eigenvalue weighted by Crippen LogP contribution is 2.14. The number of pyridine rings is 1. The van der Waals surface area contributed by atoms with E-state index in [-0.39, 0.29) is 0 Å². The number of benzene rings is 1. The molecule has 2 aromatic rings. The molecule has 3 heteroatoms. The summed E-state index contributed by atoms with van der Waals surface area (Å²) in [5.41, 5.74) is 2.54. The van der Waals surface area contributed by atoms with Crippen LogP contribution >= 0.6 is 15.9 Å². The Morgan fingerprint density at radius 1 is 1.24 bits per heavy atom. The lowest BCUT2D eigenvalue weighted by molar-refractivity contribution is 0.574. The Kier molecular flexibility index (Phi) is 4.29. The number of hydrogen-bond acceptors (Lipinski definition) is 2. The maximum atomic E-state index is 4.02. The van der Waals surface area contributed by atoms with Gasteiger partial charge in [-0.05, 0) is 42.3 Å². The first kappa shape index (κ1) is 12.3. The zero-order valence-corrected chi connectivity index (χ0v) is 11.3. The largest absolute Gasteiger partial charge is 0.306 e. The van der Waals surface area contributed by atoms with Gasteiger partial charge >= 0.3 is 0 Å². The Labute approximate surface area is 110 Å². The van der Waals surface area contributed by atoms with Gasteiger partial charge in [-0.15, -0.1) is 0 Å². The molecule has 0 aliphatic rings. The third-order valence-electron chi connectivity index (χ3n) is 2.71. The van der Waals surface area contributed by atoms with E-state index in [1.807, 2.05) is 30.6 Å². The highest BCUT2D eigenvalue weighted by Gasteiger charge is 2.03. The molecular weight excluding hydrogens is 276 g/mol. The fraction of sp³-hybridized carbons (Fsp3) is 0.214. The molecule has 2 rings (SSSR count). The molecule has 0 spiro atoms. The summed E-state index contributed by atoms with van der Waals surface area (Å²) < 4.78 is 1.12. The van der Waals surface area contributed by atoms with Gasteiger partial charge in [0.2, 0.25) is 0 Å². The van der Waals surface area contributed by atoms with E-state index in [9.17, 15) is 0 Å². The second kappa shape index (κ2) is 5.94. The lowest BCUT2D eigenvalue weighted by atomic mass is 10.1. The first-order valence-electron chi connectivity index (χ1n) is 5.63. The monoisotopic (exact) mass is 290 g/mol. The lowest BCUT2D eigenvalue weighted by Gasteiger charge is -2.14. The van der Waals surface area contributed by atoms with Crippen LogP contribution in [0.4, 0.5) is 0 Å². The molecule has 0 saturated carbocycles. The topological polar surface area (TPSA) is 24.9 Å². The third-order valence-corrected chi connectivity index (χ3v) is 3.20. The van der Waals surface area contributed by atoms with Crippen molar-refractivity contribution < 1.29 is 0 Å². The molecular formula is C14H15BrN2. The van der Waals surface area contributed by atoms with Gasteiger partial charge in [-0.3, -0.25) is 4.98 Å². The van der Waals surface area contributed by atoms with E-state index in [0.29, 0.717) is 6.04 Å². The molecule has 88 valence electrons. The van der Waals surface area contributed by atoms with Crippen molar-refractivity contribution in [3.05, 3.63) is 64.4 Å². The number of aromatic nitrogens is 1. The van der Waals surface area contributed by atoms with Crippen molar-refractivity contribution in [2.45, 2.75) is 19.5 Å². The molecule has 1 heterocycles. The van der Waals surface area contributed by atoms with Gasteiger partial charge in [-0.25, -0.2) is 0 Å². The van der Waals surface area contributed by atoms with Gasteiger partial charge < -0.3 is 5.32 Å². The number of nitrogens with zero attached hydrogens (tertiary/aromatic N) is 1. The Morgan fingerprint density at radius 2 is 2.00 bits per heavy atom. The van der Waals surface area contributed by atoms with Crippen LogP contribution in [0.15, 0.2) is 53.3 Å². The molecule has 0 fully saturated rings. The second-order valence-electron chi connectivity index (χ2n) is 4.01. The number of nitrogens with one attached hydrogen (secondary N) is 1. The molecule has 0 saturated heterocycles. The second-order valence-corrected chi connectivity index (χ2v) is 4.93. The lowest BCUT2D eigenvalue weighted by Crippen LogP contribution is -2.17. The summed E-state index contributed by atoms with van der Waals surface area (Å²) in [6.45, 7) is 3.02. The molecule has 0 aliphatic carbocycles. The number of halogens is 1. The average Bonchev–Trinajstić information content (AvgIpc) is 2.37. The molecule has 0 bridgehead atoms. The van der Waals surface area contributed by atoms with Crippen LogP contribution in [-0.4, -0.2) is 4.98 Å². The molecule has 0 amide bonds. The van der Waals surface area contributed by atoms with Crippen LogP contribution in [0.2, 0.25) is 0 Å². The molecule has 2 nitrogen and oxygen atoms in total. The first-order chi connectivity index (χ1) is 8.25. The Balaban J connectivity index is 1.95. The summed E-state index contributed by atoms with van der Waals surface area (Å²) in [4.78, 5) is 4.02. The molecule has 0 aliphatic heterocycles. The van der Waals surface area contributed by atoms with Crippen LogP contribution in [0.1, 0.15) is 24.1 Å². The van der Waals surface area contributed by atoms with Crippen LogP contribution in [0.5, 0.6) is 0 Å². The van der Waals surface area contributed by atoms with Gasteiger partial charge in [-0.1, -0.05) is 28.1 Å². The Bertz CT molecular complexity index is 471. The van der Waals surface area contributed by atoms with E-state index in [4.69, 9.17) is 0 Å². The van der Waals surface area contributed by atoms with Crippen molar-refractivity contribution in [2.24, 2.45) is 0 Å². The minimum absolute atomic E-state index is 0.331. The third kappa shape index (κ3) is 3.65. The van der Waals surface area contributed by atoms with E-state index in [1.54, 1.807) is 0 Å². The number of hydrogen-bond donors (Lipinski definition) is 1. The molecule has 1 N–H and O–H groups in total. The van der Waals surface area contributed by atoms with Crippen LogP contribution in [0.25, 0.3) is 0 Å². The zero-order chi connectivity index (χ0) is 12.1. The maximum absolute atomic E-state index is 4.02. The van der Waals surface area contributed by atoms with Crippen molar-refractivity contribution in [3.8, 4) is 0 Å². The fourth-order valence-electron chi connectivity index (χ4n) is 1.69. The predicted molar refractivity (Wildman–Crippen MR) is 73.6 cm³/mol. The summed E-state index contributed by atoms with van der Waals surface area (Å²) in [5, 5.41) is 3.49. The molecule has 0 unspecified atom stereocenters. The van der Waals surface area contributed by atoms with Gasteiger partial charge in [-0.2, -0.15) is 0 Å². The van der Waals surface area contributed by atoms with E-state index in [2.05, 4.69) is 51.4 Å². The first-order valence-corrected chi connectivity index (χ1v) is 6.43. The average molecular weight is 291 g/mol. The highest BCUT2D eigenvalue weighted by molar-refractivity contribution is 9.10. The summed E-state index contributed by atoms with van der Waals surface area (Å²) in [7, 11) is 0. The quantitative estimate of drug-likeness (QED) is 0.929. The summed E-state index contributed by atoms with van der Waals surface area (Å²) >= 11 is 3.48. The van der Waals surface area contributed by atoms with Gasteiger partial charge in [0.15, 0.2) is 0 Å². The smallest absolute Gasteiger partial charge is 0.0296 e. The molecule has 1 atom stereocenters. The zero-order valence-electron chi connectivity index (χ0n) is 9.73. The maximum Gasteiger partial charge on any atom is 0.0296 e. The minimum atomic E-state index is 0.331. The standard InChI is InChI=1S/C14H15BrN2/c1-11(13-5-7-16-8-6-13)17-10-12-3-2-4-14(15)9-12/h2-9,11,17H,10H2,1H3/t11-/m1/s1. The molecule has 1 aromatic heterocycles. The van der Waals surface area contributed by atoms with Crippen molar-refractivity contribution in [1.29, 1.82) is 0 Å². The van der Waals surface area contributed by atoms with E-state index >= 15 is 0 Å². The minimum Gasteiger partial charge on any atom is -0.306 e. The van der Waals surface area contributed by atoms with Gasteiger partial charge in [0, 0.05) is 29.5 Å². The van der Waals surface area contributed by atoms with Crippen molar-refractivity contribution in [1.82, 2.24) is 10.3 Å². The summed E-state index contributed by atoms with van der Waals surface area (Å²) in [6, 6.07) is 12.8. The van der Waals surface area contributed by atoms with Crippen molar-refractivity contribution in [3.63, 3.8) is 0 Å². The number of rotatable bonds is 4. The van der Waals surface area contributed by atoms with Gasteiger partial charge in [0.1, 0.15) is 0 Å². The van der Waals surface area contributed by atoms with Crippen LogP contribution < -0.4 is 5.32 Å². The predicted octanol–water partition coefficient (Wildman–Crippen LogP) is 3.69. The van der Waals surface area contributed by atoms with E-state index < -0.39 is 0 Å². The van der Waals surface area contributed by atoms with Gasteiger partial charge in [0.05, 0.1) is 0 Å². The Hall–Kier alpha value is -1.19. The fourth-order valence-corrected chi connectivity index (χ4v) is 2.13. The molecule has 1 aromatic carbocycles. The van der Waals surface area contributed by atoms with Crippen LogP contribution in [-0.2, 0) is 6.54 Å². The van der Waals surface area contributed by atoms with E-state index in [0.717, 1.165) is 11.0 Å². The van der Waals surface area contributed by atoms with Crippen molar-refractivity contribution in [2.75, 3.05) is 0 Å². The highest BCUT2D eigenvalue weighted by atomic mass is 79.9. The normalized spacial score (nSPS) is 12.4. The van der Waals surface area contributed by atoms with Crippen molar-refractivity contribution >= 4 is 15.9 Å². The Morgan fingerprint density at radius 3 is 2.71 bits per heavy atom. The summed E-state index contributed by atoms with van der Waals surface area (Å²) in [5.74, 6) is 0. The van der Waals surface area contributed by atoms with Crippen LogP contribution in [0.3, 0.4) is 0 Å². The SMILES string of the molecule is C[C@@H](NCc1cccc(Br)c1)c1ccncc1.